The van der Waals surface area contributed by atoms with Crippen LogP contribution in [0.15, 0.2) is 48.7 Å². The van der Waals surface area contributed by atoms with Gasteiger partial charge in [-0.05, 0) is 74.4 Å². The number of hydrogen-bond acceptors (Lipinski definition) is 6. The summed E-state index contributed by atoms with van der Waals surface area (Å²) >= 11 is 0. The summed E-state index contributed by atoms with van der Waals surface area (Å²) in [5, 5.41) is 4.61. The number of ether oxygens (including phenoxy) is 1. The molecule has 8 heteroatoms. The summed E-state index contributed by atoms with van der Waals surface area (Å²) < 4.78 is 21.9. The first kappa shape index (κ1) is 25.2. The summed E-state index contributed by atoms with van der Waals surface area (Å²) in [6, 6.07) is 13.0. The third kappa shape index (κ3) is 4.47. The van der Waals surface area contributed by atoms with Gasteiger partial charge in [0.25, 0.3) is 0 Å². The van der Waals surface area contributed by atoms with Gasteiger partial charge in [0.1, 0.15) is 17.3 Å². The van der Waals surface area contributed by atoms with Gasteiger partial charge < -0.3 is 9.64 Å². The Hall–Kier alpha value is -4.07. The van der Waals surface area contributed by atoms with Crippen molar-refractivity contribution in [2.75, 3.05) is 18.6 Å². The maximum atomic E-state index is 14.7. The van der Waals surface area contributed by atoms with Crippen LogP contribution in [0.3, 0.4) is 0 Å². The van der Waals surface area contributed by atoms with Crippen LogP contribution in [0, 0.1) is 25.6 Å². The number of piperidine rings is 1. The van der Waals surface area contributed by atoms with Crippen molar-refractivity contribution < 1.29 is 13.9 Å². The summed E-state index contributed by atoms with van der Waals surface area (Å²) in [4.78, 5) is 24.8. The van der Waals surface area contributed by atoms with Gasteiger partial charge in [0, 0.05) is 49.2 Å². The molecule has 2 bridgehead atoms. The quantitative estimate of drug-likeness (QED) is 0.287. The van der Waals surface area contributed by atoms with E-state index in [9.17, 15) is 9.18 Å². The Morgan fingerprint density at radius 1 is 1.13 bits per heavy atom. The van der Waals surface area contributed by atoms with Crippen LogP contribution >= 0.6 is 0 Å². The second kappa shape index (κ2) is 9.91. The highest BCUT2D eigenvalue weighted by molar-refractivity contribution is 5.97. The lowest BCUT2D eigenvalue weighted by molar-refractivity contribution is 0.0988. The maximum absolute atomic E-state index is 14.7. The number of carbonyl (C=O) groups is 1. The number of aryl methyl sites for hydroxylation is 2. The van der Waals surface area contributed by atoms with Gasteiger partial charge in [0.05, 0.1) is 18.4 Å². The van der Waals surface area contributed by atoms with Gasteiger partial charge in [-0.2, -0.15) is 5.10 Å². The van der Waals surface area contributed by atoms with E-state index in [4.69, 9.17) is 4.74 Å². The molecule has 200 valence electrons. The molecule has 7 nitrogen and oxygen atoms in total. The second-order valence-corrected chi connectivity index (χ2v) is 10.7. The summed E-state index contributed by atoms with van der Waals surface area (Å²) in [5.41, 5.74) is 6.84. The fourth-order valence-electron chi connectivity index (χ4n) is 6.34. The van der Waals surface area contributed by atoms with E-state index in [1.165, 1.54) is 38.6 Å². The highest BCUT2D eigenvalue weighted by Crippen LogP contribution is 2.43. The zero-order valence-electron chi connectivity index (χ0n) is 22.7. The maximum Gasteiger partial charge on any atom is 0.185 e. The molecule has 0 unspecified atom stereocenters. The number of benzene rings is 2. The zero-order chi connectivity index (χ0) is 27.3. The number of carbonyl (C=O) groups excluding carboxylic acids is 1. The molecule has 1 saturated carbocycles. The van der Waals surface area contributed by atoms with Crippen molar-refractivity contribution in [1.82, 2.24) is 19.7 Å². The lowest BCUT2D eigenvalue weighted by Crippen LogP contribution is -2.32. The number of methoxy groups -OCH3 is 1. The van der Waals surface area contributed by atoms with Gasteiger partial charge in [-0.3, -0.25) is 9.48 Å². The molecule has 0 amide bonds. The van der Waals surface area contributed by atoms with Crippen LogP contribution in [-0.2, 0) is 13.5 Å². The molecular formula is C31H32FN5O2. The van der Waals surface area contributed by atoms with Crippen molar-refractivity contribution in [1.29, 1.82) is 0 Å². The molecule has 39 heavy (non-hydrogen) atoms. The molecule has 1 saturated heterocycles. The third-order valence-electron chi connectivity index (χ3n) is 8.31. The number of halogens is 1. The molecule has 2 atom stereocenters. The summed E-state index contributed by atoms with van der Waals surface area (Å²) in [6.45, 7) is 5.14. The van der Waals surface area contributed by atoms with E-state index in [0.717, 1.165) is 40.3 Å². The first-order chi connectivity index (χ1) is 18.8. The smallest absolute Gasteiger partial charge is 0.185 e. The van der Waals surface area contributed by atoms with Crippen molar-refractivity contribution in [2.45, 2.75) is 45.6 Å². The predicted molar refractivity (Wildman–Crippen MR) is 149 cm³/mol. The normalized spacial score (nSPS) is 18.1. The number of aromatic nitrogens is 4. The molecular weight excluding hydrogens is 493 g/mol. The van der Waals surface area contributed by atoms with Crippen molar-refractivity contribution in [2.24, 2.45) is 13.0 Å². The Morgan fingerprint density at radius 2 is 1.97 bits per heavy atom. The van der Waals surface area contributed by atoms with E-state index in [2.05, 4.69) is 45.1 Å². The Bertz CT molecular complexity index is 1580. The molecule has 3 heterocycles. The van der Waals surface area contributed by atoms with E-state index in [-0.39, 0.29) is 29.3 Å². The van der Waals surface area contributed by atoms with Gasteiger partial charge in [0.2, 0.25) is 0 Å². The Morgan fingerprint density at radius 3 is 2.67 bits per heavy atom. The second-order valence-electron chi connectivity index (χ2n) is 10.7. The summed E-state index contributed by atoms with van der Waals surface area (Å²) in [6.07, 6.45) is 5.37. The molecule has 2 fully saturated rings. The minimum atomic E-state index is -0.498. The zero-order valence-corrected chi connectivity index (χ0v) is 22.7. The first-order valence-corrected chi connectivity index (χ1v) is 13.4. The number of rotatable bonds is 7. The van der Waals surface area contributed by atoms with Gasteiger partial charge in [-0.15, -0.1) is 0 Å². The topological polar surface area (TPSA) is 73.1 Å². The SMILES string of the molecule is COc1cccc(F)c1-c1nccc(C(=O)Cc2ccc(-c3c(C)nn(C)c3C)cc2N2C[C@H]3CC[C@@H]2C3)n1. The van der Waals surface area contributed by atoms with E-state index in [1.54, 1.807) is 18.2 Å². The van der Waals surface area contributed by atoms with Crippen LogP contribution in [0.25, 0.3) is 22.5 Å². The van der Waals surface area contributed by atoms with Crippen molar-refractivity contribution in [3.05, 3.63) is 77.1 Å². The Balaban J connectivity index is 1.36. The van der Waals surface area contributed by atoms with Crippen LogP contribution in [0.1, 0.15) is 46.7 Å². The molecule has 2 aliphatic rings. The number of Topliss-reactive ketones (excluding diaryl/α,β-unsaturated/α-hetero) is 1. The van der Waals surface area contributed by atoms with Crippen molar-refractivity contribution >= 4 is 11.5 Å². The average molecular weight is 526 g/mol. The van der Waals surface area contributed by atoms with Crippen LogP contribution in [-0.4, -0.2) is 45.2 Å². The standard InChI is InChI=1S/C31H32FN5O2/c1-18-29(19(2)36(3)35-18)22-10-9-21(26(15-22)37-17-20-8-11-23(37)14-20)16-27(38)25-12-13-33-31(34-25)30-24(32)6-5-7-28(30)39-4/h5-7,9-10,12-13,15,20,23H,8,11,14,16-17H2,1-4H3/t20-,23+/m0/s1. The predicted octanol–water partition coefficient (Wildman–Crippen LogP) is 5.72. The molecule has 0 radical (unpaired) electrons. The number of fused-ring (bicyclic) bond motifs is 2. The molecule has 4 aromatic rings. The molecule has 0 spiro atoms. The van der Waals surface area contributed by atoms with E-state index in [0.29, 0.717) is 17.7 Å². The number of anilines is 1. The van der Waals surface area contributed by atoms with Gasteiger partial charge in [-0.1, -0.05) is 18.2 Å². The summed E-state index contributed by atoms with van der Waals surface area (Å²) in [5.74, 6) is 0.528. The van der Waals surface area contributed by atoms with Crippen LogP contribution in [0.2, 0.25) is 0 Å². The van der Waals surface area contributed by atoms with Crippen LogP contribution < -0.4 is 9.64 Å². The van der Waals surface area contributed by atoms with Crippen LogP contribution in [0.4, 0.5) is 10.1 Å². The molecule has 2 aromatic heterocycles. The lowest BCUT2D eigenvalue weighted by Gasteiger charge is -2.31. The van der Waals surface area contributed by atoms with Crippen molar-refractivity contribution in [3.8, 4) is 28.3 Å². The molecule has 1 aliphatic carbocycles. The minimum absolute atomic E-state index is 0.130. The van der Waals surface area contributed by atoms with E-state index < -0.39 is 5.82 Å². The fourth-order valence-corrected chi connectivity index (χ4v) is 6.34. The fraction of sp³-hybridized carbons (Fsp3) is 0.355. The van der Waals surface area contributed by atoms with Gasteiger partial charge >= 0.3 is 0 Å². The number of nitrogens with zero attached hydrogens (tertiary/aromatic N) is 5. The monoisotopic (exact) mass is 525 g/mol. The van der Waals surface area contributed by atoms with E-state index >= 15 is 0 Å². The molecule has 2 aromatic carbocycles. The van der Waals surface area contributed by atoms with Crippen LogP contribution in [0.5, 0.6) is 5.75 Å². The average Bonchev–Trinajstić information content (AvgIpc) is 3.64. The van der Waals surface area contributed by atoms with Gasteiger partial charge in [-0.25, -0.2) is 14.4 Å². The van der Waals surface area contributed by atoms with E-state index in [1.807, 2.05) is 18.7 Å². The number of hydrogen-bond donors (Lipinski definition) is 0. The van der Waals surface area contributed by atoms with Crippen molar-refractivity contribution in [3.63, 3.8) is 0 Å². The lowest BCUT2D eigenvalue weighted by atomic mass is 9.96. The van der Waals surface area contributed by atoms with Gasteiger partial charge in [0.15, 0.2) is 11.6 Å². The Kier molecular flexibility index (Phi) is 6.41. The molecule has 6 rings (SSSR count). The molecule has 1 aliphatic heterocycles. The first-order valence-electron chi connectivity index (χ1n) is 13.4. The number of ketones is 1. The highest BCUT2D eigenvalue weighted by Gasteiger charge is 2.38. The molecule has 0 N–H and O–H groups in total. The summed E-state index contributed by atoms with van der Waals surface area (Å²) in [7, 11) is 3.43. The minimum Gasteiger partial charge on any atom is -0.496 e. The third-order valence-corrected chi connectivity index (χ3v) is 8.31. The largest absolute Gasteiger partial charge is 0.496 e. The highest BCUT2D eigenvalue weighted by atomic mass is 19.1. The Labute approximate surface area is 227 Å².